The van der Waals surface area contributed by atoms with Crippen molar-refractivity contribution in [2.24, 2.45) is 0 Å². The Bertz CT molecular complexity index is 3480. The summed E-state index contributed by atoms with van der Waals surface area (Å²) in [7, 11) is -6.72. The SMILES string of the molecule is C#CCN1C(=O)COc2cc(F)c(N3C(=O)C4=C(CCCC4)C3=O)cc21.COc1ccccc1C(=O)NS(=O)(=O)c1ccc(C(=O)NC2CC2)cc1.CS(=O)(=O)c1cc(C(F)(F)F)ccc1C(=O)c1cnoc1C1CC1. The molecule has 3 aliphatic carbocycles. The minimum Gasteiger partial charge on any atom is -0.496 e. The molecule has 0 bridgehead atoms. The molecular formula is C52H45F4N5O13S2. The van der Waals surface area contributed by atoms with Crippen molar-refractivity contribution >= 4 is 66.6 Å². The summed E-state index contributed by atoms with van der Waals surface area (Å²) in [6, 6.07) is 16.4. The highest BCUT2D eigenvalue weighted by atomic mass is 32.2. The summed E-state index contributed by atoms with van der Waals surface area (Å²) in [5.74, 6) is -0.683. The fourth-order valence-electron chi connectivity index (χ4n) is 8.35. The summed E-state index contributed by atoms with van der Waals surface area (Å²) in [6.45, 7) is -0.262. The Morgan fingerprint density at radius 2 is 1.50 bits per heavy atom. The molecular weight excluding hydrogens is 1040 g/mol. The summed E-state index contributed by atoms with van der Waals surface area (Å²) in [5.41, 5.74) is 0.0998. The van der Waals surface area contributed by atoms with E-state index in [1.54, 1.807) is 18.2 Å². The Balaban J connectivity index is 0.000000151. The number of rotatable bonds is 12. The first-order valence-corrected chi connectivity index (χ1v) is 26.7. The normalized spacial score (nSPS) is 16.2. The van der Waals surface area contributed by atoms with Gasteiger partial charge < -0.3 is 19.3 Å². The van der Waals surface area contributed by atoms with E-state index >= 15 is 0 Å². The van der Waals surface area contributed by atoms with Gasteiger partial charge in [0.1, 0.15) is 11.5 Å². The van der Waals surface area contributed by atoms with Gasteiger partial charge in [0, 0.05) is 46.6 Å². The molecule has 0 atom stereocenters. The molecule has 24 heteroatoms. The first-order chi connectivity index (χ1) is 36.0. The number of carbonyl (C=O) groups is 6. The van der Waals surface area contributed by atoms with Crippen molar-refractivity contribution in [3.05, 3.63) is 136 Å². The number of fused-ring (bicyclic) bond motifs is 1. The molecule has 10 rings (SSSR count). The van der Waals surface area contributed by atoms with Crippen LogP contribution in [0.5, 0.6) is 11.5 Å². The Kier molecular flexibility index (Phi) is 15.4. The number of carbonyl (C=O) groups excluding carboxylic acids is 6. The van der Waals surface area contributed by atoms with Gasteiger partial charge in [-0.15, -0.1) is 6.42 Å². The number of amides is 5. The summed E-state index contributed by atoms with van der Waals surface area (Å²) >= 11 is 0. The van der Waals surface area contributed by atoms with E-state index in [1.807, 2.05) is 4.72 Å². The summed E-state index contributed by atoms with van der Waals surface area (Å²) < 4.78 is 119. The number of para-hydroxylation sites is 1. The molecule has 0 radical (unpaired) electrons. The van der Waals surface area contributed by atoms with E-state index in [-0.39, 0.29) is 81.4 Å². The first kappa shape index (κ1) is 54.1. The van der Waals surface area contributed by atoms with E-state index in [2.05, 4.69) is 16.4 Å². The summed E-state index contributed by atoms with van der Waals surface area (Å²) in [6.07, 6.45) is 8.80. The van der Waals surface area contributed by atoms with Gasteiger partial charge in [0.05, 0.1) is 57.7 Å². The molecule has 76 heavy (non-hydrogen) atoms. The third-order valence-electron chi connectivity index (χ3n) is 12.5. The third-order valence-corrected chi connectivity index (χ3v) is 15.0. The van der Waals surface area contributed by atoms with Crippen molar-refractivity contribution in [1.29, 1.82) is 0 Å². The molecule has 396 valence electrons. The Labute approximate surface area is 432 Å². The average Bonchev–Trinajstić information content (AvgIpc) is 4.34. The number of nitrogens with one attached hydrogen (secondary N) is 2. The maximum absolute atomic E-state index is 14.7. The van der Waals surface area contributed by atoms with Crippen LogP contribution in [0.1, 0.15) is 105 Å². The topological polar surface area (TPSA) is 246 Å². The number of benzene rings is 4. The number of sulfone groups is 1. The van der Waals surface area contributed by atoms with Crippen molar-refractivity contribution in [3.63, 3.8) is 0 Å². The largest absolute Gasteiger partial charge is 0.496 e. The highest BCUT2D eigenvalue weighted by Gasteiger charge is 2.42. The number of anilines is 2. The molecule has 2 N–H and O–H groups in total. The van der Waals surface area contributed by atoms with Crippen LogP contribution >= 0.6 is 0 Å². The van der Waals surface area contributed by atoms with Crippen molar-refractivity contribution in [1.82, 2.24) is 15.2 Å². The third kappa shape index (κ3) is 11.7. The van der Waals surface area contributed by atoms with Crippen LogP contribution in [-0.4, -0.2) is 89.9 Å². The van der Waals surface area contributed by atoms with Gasteiger partial charge in [0.25, 0.3) is 39.6 Å². The molecule has 4 aromatic carbocycles. The molecule has 0 saturated heterocycles. The zero-order valence-corrected chi connectivity index (χ0v) is 42.0. The number of hydrogen-bond acceptors (Lipinski definition) is 14. The predicted octanol–water partition coefficient (Wildman–Crippen LogP) is 6.84. The number of halogens is 4. The molecule has 18 nitrogen and oxygen atoms in total. The lowest BCUT2D eigenvalue weighted by atomic mass is 9.93. The van der Waals surface area contributed by atoms with Crippen molar-refractivity contribution in [2.75, 3.05) is 36.3 Å². The van der Waals surface area contributed by atoms with Gasteiger partial charge in [-0.05, 0) is 112 Å². The summed E-state index contributed by atoms with van der Waals surface area (Å²) in [5, 5.41) is 6.38. The van der Waals surface area contributed by atoms with Crippen LogP contribution < -0.4 is 29.3 Å². The quantitative estimate of drug-likeness (QED) is 0.0563. The van der Waals surface area contributed by atoms with Gasteiger partial charge in [0.15, 0.2) is 33.8 Å². The number of ether oxygens (including phenoxy) is 2. The van der Waals surface area contributed by atoms with Crippen LogP contribution in [0.2, 0.25) is 0 Å². The lowest BCUT2D eigenvalue weighted by Crippen LogP contribution is -2.39. The monoisotopic (exact) mass is 1090 g/mol. The van der Waals surface area contributed by atoms with Crippen molar-refractivity contribution in [3.8, 4) is 23.8 Å². The second-order valence-electron chi connectivity index (χ2n) is 17.9. The molecule has 3 heterocycles. The zero-order valence-electron chi connectivity index (χ0n) is 40.4. The maximum Gasteiger partial charge on any atom is 0.416 e. The van der Waals surface area contributed by atoms with E-state index in [9.17, 15) is 63.2 Å². The van der Waals surface area contributed by atoms with Gasteiger partial charge in [0.2, 0.25) is 0 Å². The van der Waals surface area contributed by atoms with Gasteiger partial charge in [-0.3, -0.25) is 33.7 Å². The number of imide groups is 1. The molecule has 0 unspecified atom stereocenters. The van der Waals surface area contributed by atoms with Gasteiger partial charge in [-0.25, -0.2) is 30.8 Å². The lowest BCUT2D eigenvalue weighted by molar-refractivity contribution is -0.137. The van der Waals surface area contributed by atoms with Crippen LogP contribution in [0, 0.1) is 18.2 Å². The standard InChI is InChI=1S/C19H15FN2O4.C18H18N2O5S.C15H12F3NO4S/c1-2-7-21-15-9-14(13(20)8-16(15)26-10-17(21)23)22-18(24)11-5-3-4-6-12(11)19(22)25;1-25-16-5-3-2-4-15(16)18(22)20-26(23,24)14-10-6-12(7-11-14)17(21)19-13-8-9-13;1-24(21,22)12-6-9(15(16,17)18)4-5-10(12)13(20)11-7-19-23-14(11)8-2-3-8/h1,8-9H,3-7,10H2;2-7,10-11,13H,8-9H2,1H3,(H,19,21)(H,20,22);4-8H,2-3H2,1H3. The number of alkyl halides is 3. The van der Waals surface area contributed by atoms with Gasteiger partial charge >= 0.3 is 6.18 Å². The van der Waals surface area contributed by atoms with Crippen LogP contribution in [0.15, 0.2) is 111 Å². The number of ketones is 1. The van der Waals surface area contributed by atoms with Crippen molar-refractivity contribution in [2.45, 2.75) is 79.3 Å². The Morgan fingerprint density at radius 3 is 2.09 bits per heavy atom. The van der Waals surface area contributed by atoms with E-state index in [4.69, 9.17) is 20.4 Å². The zero-order chi connectivity index (χ0) is 54.9. The first-order valence-electron chi connectivity index (χ1n) is 23.3. The fourth-order valence-corrected chi connectivity index (χ4v) is 10.2. The fraction of sp³-hybridized carbons (Fsp3) is 0.288. The maximum atomic E-state index is 14.7. The molecule has 0 spiro atoms. The predicted molar refractivity (Wildman–Crippen MR) is 262 cm³/mol. The van der Waals surface area contributed by atoms with Crippen molar-refractivity contribution < 1.29 is 77.2 Å². The number of sulfonamides is 1. The molecule has 5 aromatic rings. The van der Waals surface area contributed by atoms with E-state index in [0.717, 1.165) is 61.8 Å². The highest BCUT2D eigenvalue weighted by molar-refractivity contribution is 7.91. The molecule has 5 amide bonds. The number of nitrogens with zero attached hydrogens (tertiary/aromatic N) is 3. The smallest absolute Gasteiger partial charge is 0.416 e. The number of terminal acetylenes is 1. The molecule has 1 aromatic heterocycles. The summed E-state index contributed by atoms with van der Waals surface area (Å²) in [4.78, 5) is 75.7. The van der Waals surface area contributed by atoms with Crippen LogP contribution in [0.4, 0.5) is 28.9 Å². The lowest BCUT2D eigenvalue weighted by Gasteiger charge is -2.29. The molecule has 2 fully saturated rings. The average molecular weight is 1090 g/mol. The second kappa shape index (κ2) is 21.6. The van der Waals surface area contributed by atoms with Crippen LogP contribution in [0.3, 0.4) is 0 Å². The number of aromatic nitrogens is 1. The van der Waals surface area contributed by atoms with E-state index < -0.39 is 65.8 Å². The Morgan fingerprint density at radius 1 is 0.842 bits per heavy atom. The molecule has 2 saturated carbocycles. The van der Waals surface area contributed by atoms with E-state index in [1.165, 1.54) is 54.6 Å². The molecule has 2 aliphatic heterocycles. The number of hydrogen-bond donors (Lipinski definition) is 2. The van der Waals surface area contributed by atoms with E-state index in [0.29, 0.717) is 47.4 Å². The molecule has 5 aliphatic rings. The van der Waals surface area contributed by atoms with Crippen LogP contribution in [0.25, 0.3) is 0 Å². The Hall–Kier alpha value is -8.17. The minimum absolute atomic E-state index is 0.0170. The number of methoxy groups -OCH3 is 1. The van der Waals surface area contributed by atoms with Gasteiger partial charge in [-0.2, -0.15) is 13.2 Å². The highest BCUT2D eigenvalue weighted by Crippen LogP contribution is 2.44. The minimum atomic E-state index is -4.71. The second-order valence-corrected chi connectivity index (χ2v) is 21.6. The van der Waals surface area contributed by atoms with Crippen LogP contribution in [-0.2, 0) is 40.4 Å². The van der Waals surface area contributed by atoms with Gasteiger partial charge in [-0.1, -0.05) is 23.2 Å².